The third kappa shape index (κ3) is 4.95. The monoisotopic (exact) mass is 416 g/mol. The van der Waals surface area contributed by atoms with Crippen molar-refractivity contribution in [2.45, 2.75) is 105 Å². The zero-order valence-electron chi connectivity index (χ0n) is 21.4. The predicted molar refractivity (Wildman–Crippen MR) is 130 cm³/mol. The van der Waals surface area contributed by atoms with Crippen molar-refractivity contribution in [3.63, 3.8) is 0 Å². The van der Waals surface area contributed by atoms with E-state index in [2.05, 4.69) is 51.5 Å². The van der Waals surface area contributed by atoms with Crippen molar-refractivity contribution in [3.8, 4) is 0 Å². The Bertz CT molecular complexity index is 567. The Labute approximate surface area is 188 Å². The number of rotatable bonds is 8. The van der Waals surface area contributed by atoms with Gasteiger partial charge in [-0.2, -0.15) is 0 Å². The molecule has 1 unspecified atom stereocenters. The molecular formula is C28H52N2. The van der Waals surface area contributed by atoms with E-state index in [4.69, 9.17) is 0 Å². The van der Waals surface area contributed by atoms with Gasteiger partial charge in [0.15, 0.2) is 0 Å². The van der Waals surface area contributed by atoms with E-state index in [1.165, 1.54) is 96.9 Å². The molecule has 2 saturated carbocycles. The van der Waals surface area contributed by atoms with Crippen molar-refractivity contribution < 1.29 is 0 Å². The summed E-state index contributed by atoms with van der Waals surface area (Å²) in [6.45, 7) is 19.3. The average molecular weight is 417 g/mol. The van der Waals surface area contributed by atoms with E-state index >= 15 is 0 Å². The van der Waals surface area contributed by atoms with Crippen LogP contribution in [0.1, 0.15) is 105 Å². The maximum atomic E-state index is 2.65. The van der Waals surface area contributed by atoms with Crippen LogP contribution in [0.3, 0.4) is 0 Å². The molecule has 4 aliphatic rings. The molecule has 0 aromatic heterocycles. The van der Waals surface area contributed by atoms with E-state index in [-0.39, 0.29) is 0 Å². The number of nitrogens with zero attached hydrogens (tertiary/aromatic N) is 2. The lowest BCUT2D eigenvalue weighted by molar-refractivity contribution is -0.0662. The maximum Gasteiger partial charge on any atom is -0.00135 e. The minimum Gasteiger partial charge on any atom is -0.306 e. The number of piperidine rings is 2. The van der Waals surface area contributed by atoms with Crippen molar-refractivity contribution in [2.24, 2.45) is 33.5 Å². The Morgan fingerprint density at radius 3 is 2.03 bits per heavy atom. The van der Waals surface area contributed by atoms with Crippen molar-refractivity contribution in [1.29, 1.82) is 0 Å². The minimum absolute atomic E-state index is 0.528. The summed E-state index contributed by atoms with van der Waals surface area (Å²) in [5, 5.41) is 0. The molecule has 2 heteroatoms. The molecule has 0 amide bonds. The fraction of sp³-hybridized carbons (Fsp3) is 1.00. The van der Waals surface area contributed by atoms with Crippen LogP contribution in [0.5, 0.6) is 0 Å². The van der Waals surface area contributed by atoms with Crippen LogP contribution >= 0.6 is 0 Å². The Hall–Kier alpha value is -0.0800. The molecule has 2 aliphatic carbocycles. The van der Waals surface area contributed by atoms with Gasteiger partial charge in [0.25, 0.3) is 0 Å². The molecule has 174 valence electrons. The average Bonchev–Trinajstić information content (AvgIpc) is 3.38. The second-order valence-electron chi connectivity index (χ2n) is 13.8. The minimum atomic E-state index is 0.528. The van der Waals surface area contributed by atoms with Gasteiger partial charge in [0.1, 0.15) is 0 Å². The van der Waals surface area contributed by atoms with Gasteiger partial charge in [0.2, 0.25) is 0 Å². The van der Waals surface area contributed by atoms with Gasteiger partial charge in [-0.1, -0.05) is 34.6 Å². The molecule has 2 heterocycles. The first kappa shape index (κ1) is 23.1. The Morgan fingerprint density at radius 1 is 0.800 bits per heavy atom. The topological polar surface area (TPSA) is 6.48 Å². The van der Waals surface area contributed by atoms with Crippen LogP contribution in [0.25, 0.3) is 0 Å². The van der Waals surface area contributed by atoms with Gasteiger partial charge in [0, 0.05) is 0 Å². The summed E-state index contributed by atoms with van der Waals surface area (Å²) in [5.41, 5.74) is 2.58. The SMILES string of the molecule is CCN1CCC2(CC1)CC(C(C)(C)CCC(C)(C)CCC1CC13CCN(C)CC3)C2. The molecule has 0 aromatic rings. The van der Waals surface area contributed by atoms with Crippen LogP contribution in [0.2, 0.25) is 0 Å². The molecular weight excluding hydrogens is 364 g/mol. The standard InChI is InChI=1S/C28H52N2/c1-7-30-18-12-27(13-19-30)20-24(21-27)26(4,5)11-10-25(2,3)9-8-23-22-28(23)14-16-29(6)17-15-28/h23-24H,7-22H2,1-6H3. The summed E-state index contributed by atoms with van der Waals surface area (Å²) in [6.07, 6.45) is 16.3. The zero-order chi connectivity index (χ0) is 21.6. The molecule has 1 atom stereocenters. The van der Waals surface area contributed by atoms with Gasteiger partial charge < -0.3 is 9.80 Å². The van der Waals surface area contributed by atoms with Gasteiger partial charge in [-0.05, 0) is 144 Å². The predicted octanol–water partition coefficient (Wildman–Crippen LogP) is 6.84. The van der Waals surface area contributed by atoms with Crippen molar-refractivity contribution in [2.75, 3.05) is 39.8 Å². The zero-order valence-corrected chi connectivity index (χ0v) is 21.4. The first-order chi connectivity index (χ1) is 14.1. The van der Waals surface area contributed by atoms with Crippen LogP contribution in [0.4, 0.5) is 0 Å². The van der Waals surface area contributed by atoms with Crippen LogP contribution < -0.4 is 0 Å². The molecule has 4 rings (SSSR count). The van der Waals surface area contributed by atoms with Gasteiger partial charge >= 0.3 is 0 Å². The third-order valence-corrected chi connectivity index (χ3v) is 10.8. The number of likely N-dealkylation sites (tertiary alicyclic amines) is 2. The lowest BCUT2D eigenvalue weighted by Gasteiger charge is -2.57. The van der Waals surface area contributed by atoms with Gasteiger partial charge in [-0.15, -0.1) is 0 Å². The normalized spacial score (nSPS) is 30.0. The maximum absolute atomic E-state index is 2.65. The summed E-state index contributed by atoms with van der Waals surface area (Å²) >= 11 is 0. The van der Waals surface area contributed by atoms with Crippen molar-refractivity contribution in [3.05, 3.63) is 0 Å². The molecule has 0 aromatic carbocycles. The van der Waals surface area contributed by atoms with Crippen molar-refractivity contribution in [1.82, 2.24) is 9.80 Å². The smallest absolute Gasteiger partial charge is 0.00135 e. The Kier molecular flexibility index (Phi) is 6.44. The van der Waals surface area contributed by atoms with Crippen LogP contribution in [0, 0.1) is 33.5 Å². The summed E-state index contributed by atoms with van der Waals surface area (Å²) in [5.74, 6) is 2.03. The first-order valence-electron chi connectivity index (χ1n) is 13.5. The highest BCUT2D eigenvalue weighted by molar-refractivity contribution is 5.05. The summed E-state index contributed by atoms with van der Waals surface area (Å²) in [6, 6.07) is 0. The van der Waals surface area contributed by atoms with Gasteiger partial charge in [-0.3, -0.25) is 0 Å². The summed E-state index contributed by atoms with van der Waals surface area (Å²) in [4.78, 5) is 5.19. The largest absolute Gasteiger partial charge is 0.306 e. The molecule has 2 nitrogen and oxygen atoms in total. The van der Waals surface area contributed by atoms with Gasteiger partial charge in [0.05, 0.1) is 0 Å². The fourth-order valence-electron chi connectivity index (χ4n) is 7.36. The molecule has 2 spiro atoms. The van der Waals surface area contributed by atoms with Crippen LogP contribution in [-0.4, -0.2) is 49.6 Å². The molecule has 2 saturated heterocycles. The van der Waals surface area contributed by atoms with Crippen LogP contribution in [-0.2, 0) is 0 Å². The Balaban J connectivity index is 1.17. The highest BCUT2D eigenvalue weighted by Crippen LogP contribution is 2.62. The second kappa shape index (κ2) is 8.36. The second-order valence-corrected chi connectivity index (χ2v) is 13.8. The Morgan fingerprint density at radius 2 is 1.43 bits per heavy atom. The third-order valence-electron chi connectivity index (χ3n) is 10.8. The first-order valence-corrected chi connectivity index (χ1v) is 13.5. The lowest BCUT2D eigenvalue weighted by Crippen LogP contribution is -2.50. The molecule has 2 aliphatic heterocycles. The van der Waals surface area contributed by atoms with E-state index in [0.29, 0.717) is 10.8 Å². The van der Waals surface area contributed by atoms with Crippen LogP contribution in [0.15, 0.2) is 0 Å². The highest BCUT2D eigenvalue weighted by Gasteiger charge is 2.54. The fourth-order valence-corrected chi connectivity index (χ4v) is 7.36. The van der Waals surface area contributed by atoms with E-state index < -0.39 is 0 Å². The molecule has 0 bridgehead atoms. The molecule has 0 N–H and O–H groups in total. The van der Waals surface area contributed by atoms with E-state index in [1.807, 2.05) is 0 Å². The molecule has 4 fully saturated rings. The van der Waals surface area contributed by atoms with Gasteiger partial charge in [-0.25, -0.2) is 0 Å². The number of hydrogen-bond donors (Lipinski definition) is 0. The highest BCUT2D eigenvalue weighted by atomic mass is 15.1. The number of hydrogen-bond acceptors (Lipinski definition) is 2. The van der Waals surface area contributed by atoms with E-state index in [9.17, 15) is 0 Å². The summed E-state index contributed by atoms with van der Waals surface area (Å²) in [7, 11) is 2.30. The lowest BCUT2D eigenvalue weighted by atomic mass is 9.50. The van der Waals surface area contributed by atoms with Crippen molar-refractivity contribution >= 4 is 0 Å². The van der Waals surface area contributed by atoms with E-state index in [1.54, 1.807) is 6.42 Å². The van der Waals surface area contributed by atoms with E-state index in [0.717, 1.165) is 22.7 Å². The molecule has 0 radical (unpaired) electrons. The summed E-state index contributed by atoms with van der Waals surface area (Å²) < 4.78 is 0. The quantitative estimate of drug-likeness (QED) is 0.427. The molecule has 30 heavy (non-hydrogen) atoms.